The molecule has 2 nitrogen and oxygen atoms in total. The molecule has 11 heavy (non-hydrogen) atoms. The zero-order valence-corrected chi connectivity index (χ0v) is 7.26. The van der Waals surface area contributed by atoms with Crippen molar-refractivity contribution in [1.29, 1.82) is 0 Å². The van der Waals surface area contributed by atoms with Crippen LogP contribution in [0.4, 0.5) is 5.69 Å². The fourth-order valence-corrected chi connectivity index (χ4v) is 1.10. The molecule has 1 aromatic rings. The number of hydrogen-bond acceptors (Lipinski definition) is 2. The molecule has 1 heterocycles. The van der Waals surface area contributed by atoms with Crippen molar-refractivity contribution in [2.24, 2.45) is 0 Å². The van der Waals surface area contributed by atoms with E-state index < -0.39 is 0 Å². The van der Waals surface area contributed by atoms with Gasteiger partial charge in [-0.15, -0.1) is 0 Å². The minimum atomic E-state index is 0.483. The fraction of sp³-hybridized carbons (Fsp3) is 0.444. The molecule has 0 saturated heterocycles. The number of rotatable bonds is 1. The number of aryl methyl sites for hydroxylation is 1. The van der Waals surface area contributed by atoms with Crippen LogP contribution in [0.25, 0.3) is 0 Å². The molecule has 0 aromatic carbocycles. The lowest BCUT2D eigenvalue weighted by Crippen LogP contribution is -2.00. The number of hydrogen-bond donors (Lipinski definition) is 1. The van der Waals surface area contributed by atoms with Gasteiger partial charge in [-0.2, -0.15) is 0 Å². The molecule has 60 valence electrons. The third-order valence-electron chi connectivity index (χ3n) is 1.85. The van der Waals surface area contributed by atoms with E-state index >= 15 is 0 Å². The molecule has 1 aromatic heterocycles. The van der Waals surface area contributed by atoms with Gasteiger partial charge in [-0.1, -0.05) is 13.8 Å². The van der Waals surface area contributed by atoms with Gasteiger partial charge in [0.05, 0.1) is 11.4 Å². The molecule has 0 atom stereocenters. The Morgan fingerprint density at radius 1 is 1.45 bits per heavy atom. The summed E-state index contributed by atoms with van der Waals surface area (Å²) in [5.74, 6) is 0.483. The maximum atomic E-state index is 5.82. The van der Waals surface area contributed by atoms with Crippen LogP contribution in [0.15, 0.2) is 12.3 Å². The van der Waals surface area contributed by atoms with Crippen molar-refractivity contribution in [3.8, 4) is 0 Å². The van der Waals surface area contributed by atoms with Gasteiger partial charge in [0.15, 0.2) is 0 Å². The van der Waals surface area contributed by atoms with Crippen LogP contribution in [0.3, 0.4) is 0 Å². The summed E-state index contributed by atoms with van der Waals surface area (Å²) in [5.41, 5.74) is 8.78. The lowest BCUT2D eigenvalue weighted by molar-refractivity contribution is 0.863. The molecule has 0 radical (unpaired) electrons. The summed E-state index contributed by atoms with van der Waals surface area (Å²) < 4.78 is 0. The van der Waals surface area contributed by atoms with Gasteiger partial charge in [0.25, 0.3) is 0 Å². The van der Waals surface area contributed by atoms with Crippen molar-refractivity contribution >= 4 is 5.69 Å². The fourth-order valence-electron chi connectivity index (χ4n) is 1.10. The van der Waals surface area contributed by atoms with Crippen molar-refractivity contribution < 1.29 is 0 Å². The smallest absolute Gasteiger partial charge is 0.0604 e. The summed E-state index contributed by atoms with van der Waals surface area (Å²) in [4.78, 5) is 4.10. The monoisotopic (exact) mass is 150 g/mol. The highest BCUT2D eigenvalue weighted by Crippen LogP contribution is 2.22. The Morgan fingerprint density at radius 3 is 2.55 bits per heavy atom. The maximum Gasteiger partial charge on any atom is 0.0604 e. The highest BCUT2D eigenvalue weighted by molar-refractivity contribution is 5.51. The quantitative estimate of drug-likeness (QED) is 0.665. The third kappa shape index (κ3) is 1.50. The van der Waals surface area contributed by atoms with Crippen molar-refractivity contribution in [1.82, 2.24) is 4.98 Å². The zero-order valence-electron chi connectivity index (χ0n) is 7.26. The largest absolute Gasteiger partial charge is 0.397 e. The van der Waals surface area contributed by atoms with Crippen LogP contribution in [0.1, 0.15) is 31.0 Å². The van der Waals surface area contributed by atoms with Crippen LogP contribution in [-0.4, -0.2) is 4.98 Å². The van der Waals surface area contributed by atoms with Crippen molar-refractivity contribution in [3.63, 3.8) is 0 Å². The first-order valence-electron chi connectivity index (χ1n) is 3.84. The molecule has 0 unspecified atom stereocenters. The summed E-state index contributed by atoms with van der Waals surface area (Å²) in [5, 5.41) is 0. The highest BCUT2D eigenvalue weighted by atomic mass is 14.7. The predicted octanol–water partition coefficient (Wildman–Crippen LogP) is 2.10. The third-order valence-corrected chi connectivity index (χ3v) is 1.85. The van der Waals surface area contributed by atoms with Gasteiger partial charge < -0.3 is 5.73 Å². The first-order chi connectivity index (χ1) is 5.13. The Hall–Kier alpha value is -1.05. The molecule has 0 aliphatic rings. The molecule has 0 bridgehead atoms. The van der Waals surface area contributed by atoms with Crippen LogP contribution in [0.5, 0.6) is 0 Å². The number of pyridine rings is 1. The summed E-state index contributed by atoms with van der Waals surface area (Å²) in [7, 11) is 0. The topological polar surface area (TPSA) is 38.9 Å². The first kappa shape index (κ1) is 8.05. The van der Waals surface area contributed by atoms with Crippen LogP contribution in [0, 0.1) is 6.92 Å². The van der Waals surface area contributed by atoms with Crippen LogP contribution >= 0.6 is 0 Å². The van der Waals surface area contributed by atoms with E-state index in [0.717, 1.165) is 11.4 Å². The van der Waals surface area contributed by atoms with Crippen molar-refractivity contribution in [2.45, 2.75) is 26.7 Å². The number of nitrogens with zero attached hydrogens (tertiary/aromatic N) is 1. The van der Waals surface area contributed by atoms with Gasteiger partial charge in [0, 0.05) is 6.20 Å². The zero-order chi connectivity index (χ0) is 8.43. The molecule has 1 rings (SSSR count). The summed E-state index contributed by atoms with van der Waals surface area (Å²) >= 11 is 0. The molecule has 0 amide bonds. The second-order valence-electron chi connectivity index (χ2n) is 3.05. The average molecular weight is 150 g/mol. The Balaban J connectivity index is 3.17. The lowest BCUT2D eigenvalue weighted by Gasteiger charge is -2.09. The van der Waals surface area contributed by atoms with Crippen LogP contribution in [0.2, 0.25) is 0 Å². The molecule has 0 aliphatic carbocycles. The number of nitrogens with two attached hydrogens (primary N) is 1. The Kier molecular flexibility index (Phi) is 2.13. The standard InChI is InChI=1S/C9H14N2/c1-6(2)8-4-5-11-7(3)9(8)10/h4-6H,10H2,1-3H3. The van der Waals surface area contributed by atoms with Gasteiger partial charge in [-0.05, 0) is 24.5 Å². The van der Waals surface area contributed by atoms with E-state index in [1.807, 2.05) is 13.0 Å². The minimum Gasteiger partial charge on any atom is -0.397 e. The molecule has 0 fully saturated rings. The van der Waals surface area contributed by atoms with Crippen molar-refractivity contribution in [3.05, 3.63) is 23.5 Å². The predicted molar refractivity (Wildman–Crippen MR) is 47.5 cm³/mol. The number of aromatic nitrogens is 1. The second-order valence-corrected chi connectivity index (χ2v) is 3.05. The van der Waals surface area contributed by atoms with Gasteiger partial charge in [0.1, 0.15) is 0 Å². The Labute approximate surface area is 67.5 Å². The van der Waals surface area contributed by atoms with Crippen LogP contribution in [-0.2, 0) is 0 Å². The summed E-state index contributed by atoms with van der Waals surface area (Å²) in [6.07, 6.45) is 1.81. The van der Waals surface area contributed by atoms with Crippen molar-refractivity contribution in [2.75, 3.05) is 5.73 Å². The summed E-state index contributed by atoms with van der Waals surface area (Å²) in [6, 6.07) is 1.98. The van der Waals surface area contributed by atoms with E-state index in [0.29, 0.717) is 5.92 Å². The molecule has 0 aliphatic heterocycles. The van der Waals surface area contributed by atoms with E-state index in [-0.39, 0.29) is 0 Å². The normalized spacial score (nSPS) is 10.5. The van der Waals surface area contributed by atoms with E-state index in [1.54, 1.807) is 6.20 Å². The average Bonchev–Trinajstić information content (AvgIpc) is 1.94. The Morgan fingerprint density at radius 2 is 2.09 bits per heavy atom. The highest BCUT2D eigenvalue weighted by Gasteiger charge is 2.05. The molecule has 0 saturated carbocycles. The van der Waals surface area contributed by atoms with Gasteiger partial charge >= 0.3 is 0 Å². The molecule has 0 spiro atoms. The number of anilines is 1. The van der Waals surface area contributed by atoms with E-state index in [2.05, 4.69) is 18.8 Å². The second kappa shape index (κ2) is 2.91. The Bertz CT molecular complexity index is 254. The summed E-state index contributed by atoms with van der Waals surface area (Å²) in [6.45, 7) is 6.19. The molecular formula is C9H14N2. The van der Waals surface area contributed by atoms with Gasteiger partial charge in [-0.25, -0.2) is 0 Å². The van der Waals surface area contributed by atoms with Gasteiger partial charge in [-0.3, -0.25) is 4.98 Å². The maximum absolute atomic E-state index is 5.82. The van der Waals surface area contributed by atoms with E-state index in [4.69, 9.17) is 5.73 Å². The van der Waals surface area contributed by atoms with Gasteiger partial charge in [0.2, 0.25) is 0 Å². The molecular weight excluding hydrogens is 136 g/mol. The van der Waals surface area contributed by atoms with E-state index in [9.17, 15) is 0 Å². The molecule has 2 N–H and O–H groups in total. The van der Waals surface area contributed by atoms with E-state index in [1.165, 1.54) is 5.56 Å². The van der Waals surface area contributed by atoms with Crippen LogP contribution < -0.4 is 5.73 Å². The number of nitrogen functional groups attached to an aromatic ring is 1. The lowest BCUT2D eigenvalue weighted by atomic mass is 10.0. The SMILES string of the molecule is Cc1nccc(C(C)C)c1N. The molecule has 2 heteroatoms. The first-order valence-corrected chi connectivity index (χ1v) is 3.84. The minimum absolute atomic E-state index is 0.483.